The molecule has 4 rings (SSSR count). The van der Waals surface area contributed by atoms with Crippen LogP contribution in [0.25, 0.3) is 22.4 Å². The van der Waals surface area contributed by atoms with Gasteiger partial charge < -0.3 is 29.6 Å². The van der Waals surface area contributed by atoms with Gasteiger partial charge in [0, 0.05) is 31.0 Å². The molecule has 0 aliphatic carbocycles. The minimum absolute atomic E-state index is 0.0873. The maximum absolute atomic E-state index is 10.7. The van der Waals surface area contributed by atoms with Crippen LogP contribution in [0.3, 0.4) is 0 Å². The minimum atomic E-state index is -0.239. The summed E-state index contributed by atoms with van der Waals surface area (Å²) in [6.07, 6.45) is 5.99. The summed E-state index contributed by atoms with van der Waals surface area (Å²) >= 11 is 0. The molecule has 7 nitrogen and oxygen atoms in total. The fourth-order valence-electron chi connectivity index (χ4n) is 3.50. The summed E-state index contributed by atoms with van der Waals surface area (Å²) in [5.74, 6) is -0.283. The number of imidazole rings is 1. The number of benzene rings is 2. The first kappa shape index (κ1) is 18.5. The first-order valence-corrected chi connectivity index (χ1v) is 9.23. The first-order chi connectivity index (χ1) is 14.0. The van der Waals surface area contributed by atoms with Crippen molar-refractivity contribution in [3.63, 3.8) is 0 Å². The van der Waals surface area contributed by atoms with Crippen molar-refractivity contribution in [2.24, 2.45) is 0 Å². The van der Waals surface area contributed by atoms with E-state index in [4.69, 9.17) is 0 Å². The van der Waals surface area contributed by atoms with E-state index in [0.717, 1.165) is 0 Å². The van der Waals surface area contributed by atoms with Gasteiger partial charge in [-0.2, -0.15) is 0 Å². The van der Waals surface area contributed by atoms with Crippen LogP contribution in [-0.2, 0) is 13.1 Å². The number of rotatable bonds is 6. The van der Waals surface area contributed by atoms with Crippen molar-refractivity contribution in [3.05, 3.63) is 67.3 Å². The second kappa shape index (κ2) is 7.63. The zero-order chi connectivity index (χ0) is 20.4. The minimum Gasteiger partial charge on any atom is -0.508 e. The summed E-state index contributed by atoms with van der Waals surface area (Å²) in [6, 6.07) is 13.1. The van der Waals surface area contributed by atoms with E-state index in [1.165, 1.54) is 12.1 Å². The largest absolute Gasteiger partial charge is 0.508 e. The lowest BCUT2D eigenvalue weighted by atomic mass is 10.0. The van der Waals surface area contributed by atoms with E-state index in [2.05, 4.69) is 4.98 Å². The molecule has 0 saturated heterocycles. The maximum atomic E-state index is 10.7. The van der Waals surface area contributed by atoms with Crippen molar-refractivity contribution in [1.82, 2.24) is 14.1 Å². The molecule has 2 aromatic carbocycles. The summed E-state index contributed by atoms with van der Waals surface area (Å²) in [5.41, 5.74) is 2.33. The van der Waals surface area contributed by atoms with Gasteiger partial charge in [-0.1, -0.05) is 24.3 Å². The molecular formula is C22H21N3O4. The second-order valence-electron chi connectivity index (χ2n) is 6.80. The van der Waals surface area contributed by atoms with Crippen LogP contribution in [0.4, 0.5) is 0 Å². The molecule has 0 radical (unpaired) electrons. The number of phenolic OH excluding ortho intramolecular Hbond substituents is 2. The molecule has 0 atom stereocenters. The Bertz CT molecular complexity index is 1120. The average molecular weight is 391 g/mol. The van der Waals surface area contributed by atoms with Crippen LogP contribution < -0.4 is 0 Å². The van der Waals surface area contributed by atoms with Crippen molar-refractivity contribution in [3.8, 4) is 45.5 Å². The van der Waals surface area contributed by atoms with E-state index in [0.29, 0.717) is 41.9 Å². The Hall–Kier alpha value is -3.87. The fraction of sp³-hybridized carbons (Fsp3) is 0.136. The molecule has 7 heteroatoms. The van der Waals surface area contributed by atoms with Gasteiger partial charge in [0.05, 0.1) is 17.6 Å². The molecule has 0 bridgehead atoms. The Kier molecular flexibility index (Phi) is 4.87. The van der Waals surface area contributed by atoms with Crippen molar-refractivity contribution in [2.75, 3.05) is 0 Å². The predicted molar refractivity (Wildman–Crippen MR) is 109 cm³/mol. The standard InChI is InChI=1S/C22H21N3O4/c26-17-7-5-15(6-8-17)19-20(16-3-1-4-18(27)13-16)25(22(29)21(19)28)11-2-10-24-12-9-23-14-24/h1,3-9,12-14,26-29H,2,10-11H2. The third-order valence-electron chi connectivity index (χ3n) is 4.84. The molecule has 2 aromatic heterocycles. The molecule has 0 spiro atoms. The van der Waals surface area contributed by atoms with Gasteiger partial charge in [-0.25, -0.2) is 4.98 Å². The molecule has 4 N–H and O–H groups in total. The Morgan fingerprint density at radius 2 is 1.62 bits per heavy atom. The summed E-state index contributed by atoms with van der Waals surface area (Å²) in [5, 5.41) is 41.0. The number of aryl methyl sites for hydroxylation is 1. The molecule has 148 valence electrons. The predicted octanol–water partition coefficient (Wildman–Crippen LogP) is 3.93. The van der Waals surface area contributed by atoms with Gasteiger partial charge in [-0.05, 0) is 36.2 Å². The number of aromatic nitrogens is 3. The van der Waals surface area contributed by atoms with Crippen LogP contribution in [0.5, 0.6) is 23.1 Å². The van der Waals surface area contributed by atoms with Gasteiger partial charge in [0.2, 0.25) is 5.88 Å². The molecule has 0 unspecified atom stereocenters. The first-order valence-electron chi connectivity index (χ1n) is 9.23. The molecular weight excluding hydrogens is 370 g/mol. The average Bonchev–Trinajstić information content (AvgIpc) is 3.31. The molecule has 2 heterocycles. The Morgan fingerprint density at radius 1 is 0.828 bits per heavy atom. The van der Waals surface area contributed by atoms with Crippen molar-refractivity contribution in [2.45, 2.75) is 19.5 Å². The lowest BCUT2D eigenvalue weighted by Crippen LogP contribution is -2.04. The summed E-state index contributed by atoms with van der Waals surface area (Å²) in [4.78, 5) is 4.02. The molecule has 0 aliphatic rings. The number of aromatic hydroxyl groups is 4. The van der Waals surface area contributed by atoms with Crippen LogP contribution in [0.15, 0.2) is 67.3 Å². The normalized spacial score (nSPS) is 11.0. The van der Waals surface area contributed by atoms with Crippen molar-refractivity contribution >= 4 is 0 Å². The van der Waals surface area contributed by atoms with E-state index in [-0.39, 0.29) is 23.1 Å². The Balaban J connectivity index is 1.81. The lowest BCUT2D eigenvalue weighted by Gasteiger charge is -2.13. The van der Waals surface area contributed by atoms with E-state index in [1.54, 1.807) is 47.4 Å². The topological polar surface area (TPSA) is 104 Å². The number of phenols is 2. The van der Waals surface area contributed by atoms with Gasteiger partial charge in [0.25, 0.3) is 0 Å². The van der Waals surface area contributed by atoms with Crippen LogP contribution in [0.1, 0.15) is 6.42 Å². The van der Waals surface area contributed by atoms with E-state index >= 15 is 0 Å². The van der Waals surface area contributed by atoms with Crippen molar-refractivity contribution in [1.29, 1.82) is 0 Å². The van der Waals surface area contributed by atoms with Crippen molar-refractivity contribution < 1.29 is 20.4 Å². The fourth-order valence-corrected chi connectivity index (χ4v) is 3.50. The molecule has 29 heavy (non-hydrogen) atoms. The molecule has 0 amide bonds. The SMILES string of the molecule is Oc1ccc(-c2c(O)c(O)n(CCCn3ccnc3)c2-c2cccc(O)c2)cc1. The van der Waals surface area contributed by atoms with Gasteiger partial charge in [-0.3, -0.25) is 0 Å². The Morgan fingerprint density at radius 3 is 2.31 bits per heavy atom. The van der Waals surface area contributed by atoms with E-state index in [9.17, 15) is 20.4 Å². The summed E-state index contributed by atoms with van der Waals surface area (Å²) in [7, 11) is 0. The monoisotopic (exact) mass is 391 g/mol. The number of hydrogen-bond acceptors (Lipinski definition) is 5. The zero-order valence-corrected chi connectivity index (χ0v) is 15.6. The highest BCUT2D eigenvalue weighted by Crippen LogP contribution is 2.47. The third-order valence-corrected chi connectivity index (χ3v) is 4.84. The molecule has 4 aromatic rings. The van der Waals surface area contributed by atoms with Gasteiger partial charge >= 0.3 is 0 Å². The van der Waals surface area contributed by atoms with Gasteiger partial charge in [0.1, 0.15) is 11.5 Å². The smallest absolute Gasteiger partial charge is 0.235 e. The van der Waals surface area contributed by atoms with Gasteiger partial charge in [0.15, 0.2) is 5.75 Å². The number of nitrogens with zero attached hydrogens (tertiary/aromatic N) is 3. The third kappa shape index (κ3) is 3.62. The second-order valence-corrected chi connectivity index (χ2v) is 6.80. The van der Waals surface area contributed by atoms with Crippen LogP contribution >= 0.6 is 0 Å². The van der Waals surface area contributed by atoms with Crippen LogP contribution in [0, 0.1) is 0 Å². The van der Waals surface area contributed by atoms with Crippen LogP contribution in [-0.4, -0.2) is 34.5 Å². The van der Waals surface area contributed by atoms with Gasteiger partial charge in [-0.15, -0.1) is 0 Å². The van der Waals surface area contributed by atoms with Crippen LogP contribution in [0.2, 0.25) is 0 Å². The highest BCUT2D eigenvalue weighted by Gasteiger charge is 2.24. The quantitative estimate of drug-likeness (QED) is 0.399. The lowest BCUT2D eigenvalue weighted by molar-refractivity contribution is 0.368. The summed E-state index contributed by atoms with van der Waals surface area (Å²) < 4.78 is 3.58. The number of hydrogen-bond donors (Lipinski definition) is 4. The van der Waals surface area contributed by atoms with E-state index < -0.39 is 0 Å². The molecule has 0 fully saturated rings. The zero-order valence-electron chi connectivity index (χ0n) is 15.6. The Labute approximate surface area is 167 Å². The highest BCUT2D eigenvalue weighted by atomic mass is 16.3. The van der Waals surface area contributed by atoms with E-state index in [1.807, 2.05) is 16.8 Å². The highest BCUT2D eigenvalue weighted by molar-refractivity contribution is 5.89. The molecule has 0 aliphatic heterocycles. The summed E-state index contributed by atoms with van der Waals surface area (Å²) in [6.45, 7) is 1.15. The maximum Gasteiger partial charge on any atom is 0.235 e. The molecule has 0 saturated carbocycles.